The third-order valence-corrected chi connectivity index (χ3v) is 5.42. The number of anilines is 3. The number of likely N-dealkylation sites (N-methyl/N-ethyl adjacent to an activating group) is 1. The third kappa shape index (κ3) is 4.41. The summed E-state index contributed by atoms with van der Waals surface area (Å²) in [6.07, 6.45) is 0. The van der Waals surface area contributed by atoms with Crippen LogP contribution in [0.3, 0.4) is 0 Å². The lowest BCUT2D eigenvalue weighted by Crippen LogP contribution is -2.34. The number of imide groups is 1. The molecular weight excluding hydrogens is 430 g/mol. The molecule has 172 valence electrons. The van der Waals surface area contributed by atoms with Gasteiger partial charge in [-0.1, -0.05) is 36.4 Å². The Morgan fingerprint density at radius 2 is 1.65 bits per heavy atom. The smallest absolute Gasteiger partial charge is 0.282 e. The van der Waals surface area contributed by atoms with Gasteiger partial charge in [0.2, 0.25) is 5.91 Å². The lowest BCUT2D eigenvalue weighted by atomic mass is 10.0. The molecule has 0 saturated heterocycles. The fourth-order valence-corrected chi connectivity index (χ4v) is 3.91. The molecule has 0 bridgehead atoms. The maximum absolute atomic E-state index is 13.7. The Labute approximate surface area is 198 Å². The lowest BCUT2D eigenvalue weighted by Gasteiger charge is -2.21. The van der Waals surface area contributed by atoms with Gasteiger partial charge in [-0.3, -0.25) is 14.4 Å². The van der Waals surface area contributed by atoms with Gasteiger partial charge in [-0.25, -0.2) is 4.90 Å². The van der Waals surface area contributed by atoms with E-state index in [2.05, 4.69) is 5.32 Å². The van der Waals surface area contributed by atoms with Gasteiger partial charge >= 0.3 is 0 Å². The summed E-state index contributed by atoms with van der Waals surface area (Å²) < 4.78 is 5.57. The normalized spacial score (nSPS) is 13.3. The van der Waals surface area contributed by atoms with Crippen LogP contribution in [-0.4, -0.2) is 31.4 Å². The van der Waals surface area contributed by atoms with Crippen molar-refractivity contribution in [2.45, 2.75) is 13.8 Å². The Hall–Kier alpha value is -4.39. The van der Waals surface area contributed by atoms with Gasteiger partial charge in [0.15, 0.2) is 0 Å². The molecule has 0 atom stereocenters. The number of amides is 3. The van der Waals surface area contributed by atoms with Crippen LogP contribution in [0.5, 0.6) is 5.75 Å². The van der Waals surface area contributed by atoms with E-state index < -0.39 is 11.8 Å². The number of rotatable bonds is 7. The van der Waals surface area contributed by atoms with Crippen molar-refractivity contribution in [3.63, 3.8) is 0 Å². The monoisotopic (exact) mass is 455 g/mol. The molecule has 7 heteroatoms. The molecule has 3 aromatic carbocycles. The number of nitrogens with zero attached hydrogens (tertiary/aromatic N) is 2. The highest BCUT2D eigenvalue weighted by atomic mass is 16.5. The molecule has 0 aromatic heterocycles. The summed E-state index contributed by atoms with van der Waals surface area (Å²) in [4.78, 5) is 41.7. The Kier molecular flexibility index (Phi) is 6.45. The zero-order chi connectivity index (χ0) is 24.2. The first kappa shape index (κ1) is 22.8. The van der Waals surface area contributed by atoms with Crippen LogP contribution in [0.25, 0.3) is 5.57 Å². The predicted octanol–water partition coefficient (Wildman–Crippen LogP) is 4.46. The number of ether oxygens (including phenoxy) is 1. The molecular formula is C27H25N3O4. The maximum atomic E-state index is 13.7. The van der Waals surface area contributed by atoms with E-state index in [1.54, 1.807) is 60.5 Å². The van der Waals surface area contributed by atoms with Gasteiger partial charge in [0.1, 0.15) is 11.4 Å². The van der Waals surface area contributed by atoms with Crippen LogP contribution in [0.2, 0.25) is 0 Å². The highest BCUT2D eigenvalue weighted by Gasteiger charge is 2.42. The molecule has 4 rings (SSSR count). The topological polar surface area (TPSA) is 79.0 Å². The van der Waals surface area contributed by atoms with Crippen molar-refractivity contribution < 1.29 is 19.1 Å². The first-order valence-corrected chi connectivity index (χ1v) is 10.9. The highest BCUT2D eigenvalue weighted by Crippen LogP contribution is 2.37. The second-order valence-electron chi connectivity index (χ2n) is 7.75. The first-order chi connectivity index (χ1) is 16.4. The zero-order valence-electron chi connectivity index (χ0n) is 19.2. The first-order valence-electron chi connectivity index (χ1n) is 10.9. The van der Waals surface area contributed by atoms with Crippen molar-refractivity contribution in [1.29, 1.82) is 0 Å². The Morgan fingerprint density at radius 1 is 0.941 bits per heavy atom. The summed E-state index contributed by atoms with van der Waals surface area (Å²) in [6.45, 7) is 3.77. The summed E-state index contributed by atoms with van der Waals surface area (Å²) >= 11 is 0. The van der Waals surface area contributed by atoms with E-state index in [4.69, 9.17) is 4.74 Å². The van der Waals surface area contributed by atoms with Crippen LogP contribution in [0.15, 0.2) is 84.6 Å². The van der Waals surface area contributed by atoms with Crippen LogP contribution in [-0.2, 0) is 14.4 Å². The molecule has 0 radical (unpaired) electrons. The van der Waals surface area contributed by atoms with E-state index in [0.29, 0.717) is 29.3 Å². The molecule has 0 unspecified atom stereocenters. The molecule has 1 aliphatic rings. The SMILES string of the molecule is CCOc1cccc(N2C(=O)C(c3ccc(NC(C)=O)cc3)=C(N(C)c3ccccc3)C2=O)c1. The summed E-state index contributed by atoms with van der Waals surface area (Å²) in [5.74, 6) is -0.467. The van der Waals surface area contributed by atoms with E-state index in [1.807, 2.05) is 37.3 Å². The fraction of sp³-hybridized carbons (Fsp3) is 0.148. The van der Waals surface area contributed by atoms with E-state index >= 15 is 0 Å². The van der Waals surface area contributed by atoms with Crippen molar-refractivity contribution in [2.75, 3.05) is 28.8 Å². The summed E-state index contributed by atoms with van der Waals surface area (Å²) in [6, 6.07) is 23.2. The van der Waals surface area contributed by atoms with Crippen molar-refractivity contribution in [3.8, 4) is 5.75 Å². The summed E-state index contributed by atoms with van der Waals surface area (Å²) in [5, 5.41) is 2.71. The number of hydrogen-bond donors (Lipinski definition) is 1. The Bertz CT molecular complexity index is 1270. The van der Waals surface area contributed by atoms with E-state index in [0.717, 1.165) is 5.69 Å². The molecule has 0 spiro atoms. The van der Waals surface area contributed by atoms with Gasteiger partial charge in [-0.2, -0.15) is 0 Å². The largest absolute Gasteiger partial charge is 0.494 e. The molecule has 0 aliphatic carbocycles. The molecule has 3 amide bonds. The number of carbonyl (C=O) groups is 3. The number of benzene rings is 3. The summed E-state index contributed by atoms with van der Waals surface area (Å²) in [5.41, 5.74) is 2.94. The van der Waals surface area contributed by atoms with E-state index in [-0.39, 0.29) is 17.2 Å². The van der Waals surface area contributed by atoms with Crippen LogP contribution in [0, 0.1) is 0 Å². The predicted molar refractivity (Wildman–Crippen MR) is 133 cm³/mol. The van der Waals surface area contributed by atoms with Crippen molar-refractivity contribution >= 4 is 40.4 Å². The van der Waals surface area contributed by atoms with E-state index in [1.165, 1.54) is 11.8 Å². The van der Waals surface area contributed by atoms with Gasteiger partial charge in [0.25, 0.3) is 11.8 Å². The minimum absolute atomic E-state index is 0.191. The Morgan fingerprint density at radius 3 is 2.29 bits per heavy atom. The third-order valence-electron chi connectivity index (χ3n) is 5.42. The van der Waals surface area contributed by atoms with E-state index in [9.17, 15) is 14.4 Å². The minimum atomic E-state index is -0.427. The number of para-hydroxylation sites is 1. The number of carbonyl (C=O) groups excluding carboxylic acids is 3. The molecule has 1 aliphatic heterocycles. The molecule has 7 nitrogen and oxygen atoms in total. The van der Waals surface area contributed by atoms with Crippen molar-refractivity contribution in [2.24, 2.45) is 0 Å². The average Bonchev–Trinajstić information content (AvgIpc) is 3.09. The fourth-order valence-electron chi connectivity index (χ4n) is 3.91. The molecule has 1 heterocycles. The maximum Gasteiger partial charge on any atom is 0.282 e. The molecule has 0 saturated carbocycles. The lowest BCUT2D eigenvalue weighted by molar-refractivity contribution is -0.120. The molecule has 34 heavy (non-hydrogen) atoms. The van der Waals surface area contributed by atoms with Gasteiger partial charge in [0.05, 0.1) is 17.9 Å². The average molecular weight is 456 g/mol. The quantitative estimate of drug-likeness (QED) is 0.532. The summed E-state index contributed by atoms with van der Waals surface area (Å²) in [7, 11) is 1.77. The van der Waals surface area contributed by atoms with Crippen molar-refractivity contribution in [3.05, 3.63) is 90.1 Å². The minimum Gasteiger partial charge on any atom is -0.494 e. The van der Waals surface area contributed by atoms with Crippen LogP contribution in [0.4, 0.5) is 17.1 Å². The van der Waals surface area contributed by atoms with Crippen molar-refractivity contribution in [1.82, 2.24) is 0 Å². The van der Waals surface area contributed by atoms with Crippen LogP contribution < -0.4 is 19.9 Å². The number of nitrogens with one attached hydrogen (secondary N) is 1. The van der Waals surface area contributed by atoms with Crippen LogP contribution >= 0.6 is 0 Å². The van der Waals surface area contributed by atoms with Gasteiger partial charge in [0, 0.05) is 31.4 Å². The second kappa shape index (κ2) is 9.62. The van der Waals surface area contributed by atoms with Gasteiger partial charge in [-0.15, -0.1) is 0 Å². The molecule has 0 fully saturated rings. The highest BCUT2D eigenvalue weighted by molar-refractivity contribution is 6.46. The Balaban J connectivity index is 1.81. The zero-order valence-corrected chi connectivity index (χ0v) is 19.2. The molecule has 1 N–H and O–H groups in total. The van der Waals surface area contributed by atoms with Gasteiger partial charge in [-0.05, 0) is 48.9 Å². The van der Waals surface area contributed by atoms with Gasteiger partial charge < -0.3 is 15.0 Å². The second-order valence-corrected chi connectivity index (χ2v) is 7.75. The van der Waals surface area contributed by atoms with Crippen LogP contribution in [0.1, 0.15) is 19.4 Å². The standard InChI is InChI=1S/C27H25N3O4/c1-4-34-23-12-8-11-22(17-23)30-26(32)24(19-13-15-20(16-14-19)28-18(2)31)25(27(30)33)29(3)21-9-6-5-7-10-21/h5-17H,4H2,1-3H3,(H,28,31). The number of hydrogen-bond acceptors (Lipinski definition) is 5. The molecule has 3 aromatic rings.